The maximum Gasteiger partial charge on any atom is 0.248 e. The zero-order valence-corrected chi connectivity index (χ0v) is 38.5. The molecule has 2 heterocycles. The second-order valence-electron chi connectivity index (χ2n) is 18.6. The van der Waals surface area contributed by atoms with Crippen molar-refractivity contribution in [3.05, 3.63) is 209 Å². The first kappa shape index (κ1) is 44.0. The lowest BCUT2D eigenvalue weighted by atomic mass is 9.87. The van der Waals surface area contributed by atoms with Crippen LogP contribution in [0, 0.1) is 0 Å². The van der Waals surface area contributed by atoms with Crippen LogP contribution in [0.2, 0.25) is 0 Å². The summed E-state index contributed by atoms with van der Waals surface area (Å²) in [6.45, 7) is 13.2. The number of rotatable bonds is 12. The summed E-state index contributed by atoms with van der Waals surface area (Å²) in [4.78, 5) is 13.7. The molecule has 0 aliphatic heterocycles. The van der Waals surface area contributed by atoms with Crippen molar-refractivity contribution in [1.29, 1.82) is 0 Å². The van der Waals surface area contributed by atoms with Gasteiger partial charge in [0, 0.05) is 44.9 Å². The highest BCUT2D eigenvalue weighted by Crippen LogP contribution is 2.36. The van der Waals surface area contributed by atoms with Gasteiger partial charge in [0.25, 0.3) is 0 Å². The fourth-order valence-corrected chi connectivity index (χ4v) is 7.62. The van der Waals surface area contributed by atoms with Crippen molar-refractivity contribution in [2.45, 2.75) is 52.4 Å². The number of anilines is 3. The van der Waals surface area contributed by atoms with E-state index in [1.165, 1.54) is 11.1 Å². The number of aldehydes is 1. The first-order valence-electron chi connectivity index (χ1n) is 22.4. The summed E-state index contributed by atoms with van der Waals surface area (Å²) >= 11 is 0. The lowest BCUT2D eigenvalue weighted by Crippen LogP contribution is -2.10. The van der Waals surface area contributed by atoms with Gasteiger partial charge in [0.2, 0.25) is 23.6 Å². The Labute approximate surface area is 392 Å². The fourth-order valence-electron chi connectivity index (χ4n) is 7.62. The summed E-state index contributed by atoms with van der Waals surface area (Å²) in [5.74, 6) is 1.96. The van der Waals surface area contributed by atoms with E-state index in [9.17, 15) is 4.79 Å². The molecule has 8 nitrogen and oxygen atoms in total. The van der Waals surface area contributed by atoms with Crippen LogP contribution < -0.4 is 4.90 Å². The summed E-state index contributed by atoms with van der Waals surface area (Å²) in [7, 11) is 0. The maximum atomic E-state index is 11.5. The summed E-state index contributed by atoms with van der Waals surface area (Å²) in [6.07, 6.45) is 9.22. The van der Waals surface area contributed by atoms with E-state index in [2.05, 4.69) is 164 Å². The van der Waals surface area contributed by atoms with Crippen molar-refractivity contribution in [3.8, 4) is 45.8 Å². The molecule has 0 unspecified atom stereocenters. The van der Waals surface area contributed by atoms with Gasteiger partial charge in [-0.1, -0.05) is 139 Å². The third-order valence-corrected chi connectivity index (χ3v) is 11.7. The van der Waals surface area contributed by atoms with Crippen molar-refractivity contribution in [2.24, 2.45) is 0 Å². The minimum absolute atomic E-state index is 0.0730. The molecule has 8 heteroatoms. The average molecular weight is 878 g/mol. The van der Waals surface area contributed by atoms with Crippen LogP contribution in [-0.2, 0) is 10.8 Å². The highest BCUT2D eigenvalue weighted by molar-refractivity contribution is 5.82. The van der Waals surface area contributed by atoms with Crippen LogP contribution in [-0.4, -0.2) is 26.7 Å². The molecule has 0 aliphatic rings. The van der Waals surface area contributed by atoms with Gasteiger partial charge in [-0.15, -0.1) is 20.4 Å². The van der Waals surface area contributed by atoms with Gasteiger partial charge in [-0.2, -0.15) is 0 Å². The molecule has 330 valence electrons. The first-order valence-corrected chi connectivity index (χ1v) is 22.4. The summed E-state index contributed by atoms with van der Waals surface area (Å²) in [5.41, 5.74) is 13.9. The summed E-state index contributed by atoms with van der Waals surface area (Å²) in [5, 5.41) is 17.2. The Hall–Kier alpha value is -8.23. The molecule has 9 aromatic rings. The molecule has 0 bridgehead atoms. The number of carbonyl (C=O) groups excluding carboxylic acids is 1. The number of hydrogen-bond donors (Lipinski definition) is 0. The molecule has 0 N–H and O–H groups in total. The monoisotopic (exact) mass is 877 g/mol. The summed E-state index contributed by atoms with van der Waals surface area (Å²) < 4.78 is 12.1. The van der Waals surface area contributed by atoms with Crippen molar-refractivity contribution >= 4 is 47.7 Å². The van der Waals surface area contributed by atoms with Crippen LogP contribution in [0.15, 0.2) is 179 Å². The molecule has 7 aromatic carbocycles. The Bertz CT molecular complexity index is 2960. The molecule has 67 heavy (non-hydrogen) atoms. The smallest absolute Gasteiger partial charge is 0.248 e. The first-order chi connectivity index (χ1) is 32.4. The second kappa shape index (κ2) is 18.7. The van der Waals surface area contributed by atoms with Gasteiger partial charge < -0.3 is 13.7 Å². The largest absolute Gasteiger partial charge is 0.416 e. The molecular weight excluding hydrogens is 827 g/mol. The highest BCUT2D eigenvalue weighted by Gasteiger charge is 2.18. The van der Waals surface area contributed by atoms with Crippen LogP contribution in [0.5, 0.6) is 0 Å². The van der Waals surface area contributed by atoms with E-state index in [4.69, 9.17) is 8.83 Å². The van der Waals surface area contributed by atoms with Gasteiger partial charge in [0.15, 0.2) is 0 Å². The number of aromatic nitrogens is 4. The summed E-state index contributed by atoms with van der Waals surface area (Å²) in [6, 6.07) is 57.2. The van der Waals surface area contributed by atoms with E-state index in [-0.39, 0.29) is 10.8 Å². The van der Waals surface area contributed by atoms with Crippen LogP contribution in [0.1, 0.15) is 85.3 Å². The molecule has 0 amide bonds. The molecule has 0 fully saturated rings. The van der Waals surface area contributed by atoms with Gasteiger partial charge in [0.1, 0.15) is 6.29 Å². The topological polar surface area (TPSA) is 98.2 Å². The number of nitrogens with zero attached hydrogens (tertiary/aromatic N) is 5. The number of benzene rings is 7. The average Bonchev–Trinajstić information content (AvgIpc) is 4.06. The minimum atomic E-state index is 0.0730. The lowest BCUT2D eigenvalue weighted by molar-refractivity contribution is 0.112. The molecular formula is C59H51N5O3. The fraction of sp³-hybridized carbons (Fsp3) is 0.136. The molecule has 2 aromatic heterocycles. The van der Waals surface area contributed by atoms with Gasteiger partial charge >= 0.3 is 0 Å². The zero-order chi connectivity index (χ0) is 46.5. The molecule has 0 radical (unpaired) electrons. The van der Waals surface area contributed by atoms with Crippen LogP contribution in [0.3, 0.4) is 0 Å². The normalized spacial score (nSPS) is 12.0. The Balaban J connectivity index is 0.857. The van der Waals surface area contributed by atoms with Crippen LogP contribution >= 0.6 is 0 Å². The Kier molecular flexibility index (Phi) is 12.3. The van der Waals surface area contributed by atoms with Crippen LogP contribution in [0.25, 0.3) is 70.1 Å². The second-order valence-corrected chi connectivity index (χ2v) is 18.6. The third-order valence-electron chi connectivity index (χ3n) is 11.7. The van der Waals surface area contributed by atoms with Crippen LogP contribution in [0.4, 0.5) is 17.1 Å². The maximum absolute atomic E-state index is 11.5. The van der Waals surface area contributed by atoms with E-state index in [0.717, 1.165) is 67.9 Å². The third kappa shape index (κ3) is 10.3. The number of hydrogen-bond acceptors (Lipinski definition) is 8. The molecule has 0 aliphatic carbocycles. The van der Waals surface area contributed by atoms with Crippen molar-refractivity contribution in [3.63, 3.8) is 0 Å². The minimum Gasteiger partial charge on any atom is -0.416 e. The molecule has 0 saturated heterocycles. The Morgan fingerprint density at radius 1 is 0.343 bits per heavy atom. The van der Waals surface area contributed by atoms with Crippen molar-refractivity contribution < 1.29 is 13.6 Å². The standard InChI is InChI=1S/C59H51N5O3/c1-58(2,3)49-29-25-47(26-30-49)56-62-60-54(66-56)45-21-11-40(12-22-45)7-9-42-15-33-51(34-16-42)64(53-37-19-44(39-65)20-38-53)52-35-17-43(18-36-52)10-8-41-13-23-46(24-14-41)55-61-63-57(67-55)48-27-31-50(32-28-48)59(4,5)6/h7-39H,1-6H3/b9-7+,10-8+. The number of carbonyl (C=O) groups is 1. The molecule has 0 saturated carbocycles. The molecule has 0 spiro atoms. The van der Waals surface area contributed by atoms with Gasteiger partial charge in [-0.3, -0.25) is 4.79 Å². The molecule has 0 atom stereocenters. The van der Waals surface area contributed by atoms with Crippen molar-refractivity contribution in [2.75, 3.05) is 4.90 Å². The van der Waals surface area contributed by atoms with Gasteiger partial charge in [-0.05, 0) is 141 Å². The Morgan fingerprint density at radius 3 is 0.836 bits per heavy atom. The quantitative estimate of drug-likeness (QED) is 0.0884. The Morgan fingerprint density at radius 2 is 0.582 bits per heavy atom. The van der Waals surface area contributed by atoms with E-state index in [1.54, 1.807) is 0 Å². The molecule has 9 rings (SSSR count). The zero-order valence-electron chi connectivity index (χ0n) is 38.5. The predicted octanol–water partition coefficient (Wildman–Crippen LogP) is 15.3. The van der Waals surface area contributed by atoms with E-state index < -0.39 is 0 Å². The van der Waals surface area contributed by atoms with E-state index >= 15 is 0 Å². The SMILES string of the molecule is CC(C)(C)c1ccc(-c2nnc(-c3ccc(/C=C/c4ccc(N(c5ccc(C=O)cc5)c5ccc(/C=C/c6ccc(-c7nnc(-c8ccc(C(C)(C)C)cc8)o7)cc6)cc5)cc4)cc3)o2)cc1. The van der Waals surface area contributed by atoms with E-state index in [1.807, 2.05) is 97.1 Å². The van der Waals surface area contributed by atoms with Gasteiger partial charge in [-0.25, -0.2) is 0 Å². The van der Waals surface area contributed by atoms with E-state index in [0.29, 0.717) is 29.1 Å². The van der Waals surface area contributed by atoms with Crippen molar-refractivity contribution in [1.82, 2.24) is 20.4 Å². The highest BCUT2D eigenvalue weighted by atomic mass is 16.4. The predicted molar refractivity (Wildman–Crippen MR) is 272 cm³/mol. The lowest BCUT2D eigenvalue weighted by Gasteiger charge is -2.25. The van der Waals surface area contributed by atoms with Gasteiger partial charge in [0.05, 0.1) is 0 Å².